The molecule has 6 nitrogen and oxygen atoms in total. The lowest BCUT2D eigenvalue weighted by atomic mass is 10.0. The molecule has 0 aliphatic carbocycles. The van der Waals surface area contributed by atoms with Crippen molar-refractivity contribution in [2.45, 2.75) is 23.8 Å². The summed E-state index contributed by atoms with van der Waals surface area (Å²) in [5.74, 6) is 0.00233. The number of aromatic nitrogens is 1. The van der Waals surface area contributed by atoms with Crippen LogP contribution >= 0.6 is 0 Å². The van der Waals surface area contributed by atoms with Gasteiger partial charge in [-0.1, -0.05) is 0 Å². The van der Waals surface area contributed by atoms with Gasteiger partial charge in [-0.15, -0.1) is 0 Å². The molecule has 0 bridgehead atoms. The average Bonchev–Trinajstić information content (AvgIpc) is 2.64. The van der Waals surface area contributed by atoms with Crippen LogP contribution in [-0.4, -0.2) is 32.2 Å². The molecule has 7 heteroatoms. The minimum absolute atomic E-state index is 0.00233. The summed E-state index contributed by atoms with van der Waals surface area (Å²) in [6.07, 6.45) is 2.10. The van der Waals surface area contributed by atoms with Crippen molar-refractivity contribution in [3.63, 3.8) is 0 Å². The molecule has 1 unspecified atom stereocenters. The van der Waals surface area contributed by atoms with E-state index in [1.165, 1.54) is 12.3 Å². The molecule has 1 aliphatic rings. The standard InChI is InChI=1S/C10H15N3O3S/c1-10(4-6-16-7-10)13-17(14,15)8-3-2-5-12-9(8)11/h2-3,5,13H,4,6-7H2,1H3,(H2,11,12). The zero-order valence-corrected chi connectivity index (χ0v) is 10.3. The molecule has 0 radical (unpaired) electrons. The number of hydrogen-bond donors (Lipinski definition) is 2. The molecule has 2 rings (SSSR count). The van der Waals surface area contributed by atoms with Crippen LogP contribution in [-0.2, 0) is 14.8 Å². The van der Waals surface area contributed by atoms with Crippen molar-refractivity contribution >= 4 is 15.8 Å². The van der Waals surface area contributed by atoms with E-state index in [1.54, 1.807) is 6.07 Å². The second kappa shape index (κ2) is 4.25. The van der Waals surface area contributed by atoms with E-state index in [0.29, 0.717) is 19.6 Å². The molecule has 0 spiro atoms. The van der Waals surface area contributed by atoms with Crippen LogP contribution in [0.15, 0.2) is 23.2 Å². The summed E-state index contributed by atoms with van der Waals surface area (Å²) < 4.78 is 32.1. The highest BCUT2D eigenvalue weighted by Gasteiger charge is 2.35. The number of nitrogens with zero attached hydrogens (tertiary/aromatic N) is 1. The Labute approximate surface area is 100 Å². The SMILES string of the molecule is CC1(NS(=O)(=O)c2cccnc2N)CCOC1. The summed E-state index contributed by atoms with van der Waals surface area (Å²) in [6, 6.07) is 2.97. The van der Waals surface area contributed by atoms with Crippen LogP contribution in [0.3, 0.4) is 0 Å². The molecule has 1 atom stereocenters. The molecule has 1 fully saturated rings. The fourth-order valence-corrected chi connectivity index (χ4v) is 3.26. The molecule has 94 valence electrons. The third kappa shape index (κ3) is 2.56. The maximum Gasteiger partial charge on any atom is 0.244 e. The smallest absolute Gasteiger partial charge is 0.244 e. The van der Waals surface area contributed by atoms with E-state index in [1.807, 2.05) is 6.92 Å². The van der Waals surface area contributed by atoms with Gasteiger partial charge in [0.15, 0.2) is 0 Å². The highest BCUT2D eigenvalue weighted by atomic mass is 32.2. The number of ether oxygens (including phenoxy) is 1. The number of nitrogen functional groups attached to an aromatic ring is 1. The summed E-state index contributed by atoms with van der Waals surface area (Å²) in [7, 11) is -3.65. The Kier molecular flexibility index (Phi) is 3.07. The van der Waals surface area contributed by atoms with Crippen LogP contribution in [0.5, 0.6) is 0 Å². The van der Waals surface area contributed by atoms with Crippen molar-refractivity contribution in [3.8, 4) is 0 Å². The topological polar surface area (TPSA) is 94.3 Å². The Morgan fingerprint density at radius 1 is 1.59 bits per heavy atom. The number of anilines is 1. The second-order valence-electron chi connectivity index (χ2n) is 4.36. The largest absolute Gasteiger partial charge is 0.383 e. The van der Waals surface area contributed by atoms with E-state index in [-0.39, 0.29) is 10.7 Å². The highest BCUT2D eigenvalue weighted by molar-refractivity contribution is 7.89. The van der Waals surface area contributed by atoms with Crippen molar-refractivity contribution in [1.82, 2.24) is 9.71 Å². The Morgan fingerprint density at radius 3 is 2.94 bits per heavy atom. The number of sulfonamides is 1. The van der Waals surface area contributed by atoms with Gasteiger partial charge >= 0.3 is 0 Å². The molecule has 17 heavy (non-hydrogen) atoms. The summed E-state index contributed by atoms with van der Waals surface area (Å²) in [4.78, 5) is 3.78. The Bertz CT molecular complexity index is 509. The summed E-state index contributed by atoms with van der Waals surface area (Å²) in [6.45, 7) is 2.73. The Balaban J connectivity index is 2.28. The summed E-state index contributed by atoms with van der Waals surface area (Å²) >= 11 is 0. The molecule has 1 aromatic heterocycles. The monoisotopic (exact) mass is 257 g/mol. The minimum atomic E-state index is -3.65. The van der Waals surface area contributed by atoms with Gasteiger partial charge < -0.3 is 10.5 Å². The highest BCUT2D eigenvalue weighted by Crippen LogP contribution is 2.22. The van der Waals surface area contributed by atoms with Crippen molar-refractivity contribution in [3.05, 3.63) is 18.3 Å². The zero-order valence-electron chi connectivity index (χ0n) is 9.51. The molecule has 0 aromatic carbocycles. The number of nitrogens with two attached hydrogens (primary N) is 1. The fourth-order valence-electron chi connectivity index (χ4n) is 1.76. The molecule has 0 saturated carbocycles. The molecule has 0 amide bonds. The first-order chi connectivity index (χ1) is 7.93. The predicted molar refractivity (Wildman–Crippen MR) is 62.8 cm³/mol. The average molecular weight is 257 g/mol. The van der Waals surface area contributed by atoms with Crippen molar-refractivity contribution in [2.24, 2.45) is 0 Å². The van der Waals surface area contributed by atoms with Crippen LogP contribution in [0.2, 0.25) is 0 Å². The lowest BCUT2D eigenvalue weighted by molar-refractivity contribution is 0.178. The first-order valence-corrected chi connectivity index (χ1v) is 6.74. The number of pyridine rings is 1. The molecular formula is C10H15N3O3S. The predicted octanol–water partition coefficient (Wildman–Crippen LogP) is 0.121. The molecule has 1 aliphatic heterocycles. The normalized spacial score (nSPS) is 25.0. The summed E-state index contributed by atoms with van der Waals surface area (Å²) in [5.41, 5.74) is 4.99. The van der Waals surface area contributed by atoms with Gasteiger partial charge in [0.25, 0.3) is 0 Å². The maximum atomic E-state index is 12.1. The van der Waals surface area contributed by atoms with Crippen LogP contribution < -0.4 is 10.5 Å². The summed E-state index contributed by atoms with van der Waals surface area (Å²) in [5, 5.41) is 0. The van der Waals surface area contributed by atoms with E-state index in [2.05, 4.69) is 9.71 Å². The lowest BCUT2D eigenvalue weighted by Crippen LogP contribution is -2.46. The van der Waals surface area contributed by atoms with Gasteiger partial charge in [0, 0.05) is 12.8 Å². The van der Waals surface area contributed by atoms with Crippen LogP contribution in [0, 0.1) is 0 Å². The van der Waals surface area contributed by atoms with Gasteiger partial charge in [0.05, 0.1) is 12.1 Å². The van der Waals surface area contributed by atoms with Crippen LogP contribution in [0.4, 0.5) is 5.82 Å². The quantitative estimate of drug-likeness (QED) is 0.802. The first kappa shape index (κ1) is 12.3. The van der Waals surface area contributed by atoms with E-state index in [4.69, 9.17) is 10.5 Å². The van der Waals surface area contributed by atoms with Crippen LogP contribution in [0.1, 0.15) is 13.3 Å². The van der Waals surface area contributed by atoms with E-state index < -0.39 is 15.6 Å². The number of rotatable bonds is 3. The Morgan fingerprint density at radius 2 is 2.35 bits per heavy atom. The first-order valence-electron chi connectivity index (χ1n) is 5.25. The van der Waals surface area contributed by atoms with E-state index >= 15 is 0 Å². The molecule has 3 N–H and O–H groups in total. The molecule has 1 aromatic rings. The minimum Gasteiger partial charge on any atom is -0.383 e. The molecule has 2 heterocycles. The van der Waals surface area contributed by atoms with Gasteiger partial charge in [-0.05, 0) is 25.5 Å². The van der Waals surface area contributed by atoms with Gasteiger partial charge in [-0.3, -0.25) is 0 Å². The van der Waals surface area contributed by atoms with Gasteiger partial charge in [0.2, 0.25) is 10.0 Å². The van der Waals surface area contributed by atoms with Crippen molar-refractivity contribution < 1.29 is 13.2 Å². The zero-order chi connectivity index (χ0) is 12.5. The Hall–Kier alpha value is -1.18. The lowest BCUT2D eigenvalue weighted by Gasteiger charge is -2.23. The molecule has 1 saturated heterocycles. The number of hydrogen-bond acceptors (Lipinski definition) is 5. The van der Waals surface area contributed by atoms with Crippen LogP contribution in [0.25, 0.3) is 0 Å². The maximum absolute atomic E-state index is 12.1. The van der Waals surface area contributed by atoms with Crippen molar-refractivity contribution in [1.29, 1.82) is 0 Å². The van der Waals surface area contributed by atoms with Crippen molar-refractivity contribution in [2.75, 3.05) is 18.9 Å². The third-order valence-corrected chi connectivity index (χ3v) is 4.37. The number of nitrogens with one attached hydrogen (secondary N) is 1. The van der Waals surface area contributed by atoms with Gasteiger partial charge in [-0.2, -0.15) is 0 Å². The second-order valence-corrected chi connectivity index (χ2v) is 6.01. The van der Waals surface area contributed by atoms with Gasteiger partial charge in [-0.25, -0.2) is 18.1 Å². The van der Waals surface area contributed by atoms with E-state index in [0.717, 1.165) is 0 Å². The molecular weight excluding hydrogens is 242 g/mol. The fraction of sp³-hybridized carbons (Fsp3) is 0.500. The van der Waals surface area contributed by atoms with Gasteiger partial charge in [0.1, 0.15) is 10.7 Å². The third-order valence-electron chi connectivity index (χ3n) is 2.69. The van der Waals surface area contributed by atoms with E-state index in [9.17, 15) is 8.42 Å².